The molecule has 2 aromatic heterocycles. The van der Waals surface area contributed by atoms with E-state index in [2.05, 4.69) is 45.7 Å². The van der Waals surface area contributed by atoms with Crippen LogP contribution in [0.1, 0.15) is 41.9 Å². The molecule has 2 heterocycles. The summed E-state index contributed by atoms with van der Waals surface area (Å²) in [7, 11) is 0. The van der Waals surface area contributed by atoms with E-state index >= 15 is 0 Å². The van der Waals surface area contributed by atoms with Crippen molar-refractivity contribution in [3.63, 3.8) is 0 Å². The standard InChI is InChI=1S/C14H15Br2NO2S2/c1-4-19-14(18)12-10(17)9(6(2)3)11(21-12)7-5-8(15)20-13(7)16/h5-6H,4,17H2,1-3H3. The van der Waals surface area contributed by atoms with Crippen LogP contribution < -0.4 is 5.73 Å². The number of hydrogen-bond donors (Lipinski definition) is 1. The maximum Gasteiger partial charge on any atom is 0.350 e. The van der Waals surface area contributed by atoms with Gasteiger partial charge in [-0.1, -0.05) is 13.8 Å². The topological polar surface area (TPSA) is 52.3 Å². The number of nitrogens with two attached hydrogens (primary N) is 1. The van der Waals surface area contributed by atoms with Crippen molar-refractivity contribution in [1.82, 2.24) is 0 Å². The highest BCUT2D eigenvalue weighted by Crippen LogP contribution is 2.48. The van der Waals surface area contributed by atoms with Gasteiger partial charge >= 0.3 is 5.97 Å². The molecule has 0 aliphatic carbocycles. The molecule has 0 aromatic carbocycles. The monoisotopic (exact) mass is 451 g/mol. The highest BCUT2D eigenvalue weighted by atomic mass is 79.9. The first-order valence-electron chi connectivity index (χ1n) is 6.41. The smallest absolute Gasteiger partial charge is 0.350 e. The molecule has 0 saturated carbocycles. The van der Waals surface area contributed by atoms with Crippen molar-refractivity contribution in [2.75, 3.05) is 12.3 Å². The van der Waals surface area contributed by atoms with Gasteiger partial charge in [0.2, 0.25) is 0 Å². The third-order valence-corrected chi connectivity index (χ3v) is 6.50. The molecule has 0 atom stereocenters. The third kappa shape index (κ3) is 3.36. The van der Waals surface area contributed by atoms with Crippen LogP contribution in [-0.2, 0) is 4.74 Å². The van der Waals surface area contributed by atoms with Gasteiger partial charge in [0.1, 0.15) is 4.88 Å². The fourth-order valence-electron chi connectivity index (χ4n) is 2.07. The SMILES string of the molecule is CCOC(=O)c1sc(-c2cc(Br)sc2Br)c(C(C)C)c1N. The molecule has 0 unspecified atom stereocenters. The quantitative estimate of drug-likeness (QED) is 0.588. The Balaban J connectivity index is 2.63. The molecule has 2 N–H and O–H groups in total. The Hall–Kier alpha value is -0.370. The van der Waals surface area contributed by atoms with Gasteiger partial charge in [0.25, 0.3) is 0 Å². The van der Waals surface area contributed by atoms with Gasteiger partial charge in [0, 0.05) is 10.4 Å². The Kier molecular flexibility index (Phi) is 5.51. The lowest BCUT2D eigenvalue weighted by molar-refractivity contribution is 0.0533. The average molecular weight is 453 g/mol. The summed E-state index contributed by atoms with van der Waals surface area (Å²) in [5.41, 5.74) is 8.82. The van der Waals surface area contributed by atoms with Gasteiger partial charge in [-0.05, 0) is 56.3 Å². The van der Waals surface area contributed by atoms with Gasteiger partial charge in [0.05, 0.1) is 19.9 Å². The van der Waals surface area contributed by atoms with Crippen LogP contribution in [0.3, 0.4) is 0 Å². The van der Waals surface area contributed by atoms with Crippen molar-refractivity contribution in [1.29, 1.82) is 0 Å². The number of carbonyl (C=O) groups is 1. The van der Waals surface area contributed by atoms with Crippen molar-refractivity contribution in [2.24, 2.45) is 0 Å². The van der Waals surface area contributed by atoms with E-state index in [4.69, 9.17) is 10.5 Å². The molecular formula is C14H15Br2NO2S2. The van der Waals surface area contributed by atoms with Crippen molar-refractivity contribution >= 4 is 66.2 Å². The average Bonchev–Trinajstić information content (AvgIpc) is 2.89. The summed E-state index contributed by atoms with van der Waals surface area (Å²) in [5.74, 6) is -0.122. The van der Waals surface area contributed by atoms with Crippen LogP contribution in [0, 0.1) is 0 Å². The molecule has 0 saturated heterocycles. The largest absolute Gasteiger partial charge is 0.462 e. The summed E-state index contributed by atoms with van der Waals surface area (Å²) in [4.78, 5) is 13.6. The van der Waals surface area contributed by atoms with Crippen molar-refractivity contribution in [3.8, 4) is 10.4 Å². The predicted molar refractivity (Wildman–Crippen MR) is 97.5 cm³/mol. The second kappa shape index (κ2) is 6.81. The number of carbonyl (C=O) groups excluding carboxylic acids is 1. The van der Waals surface area contributed by atoms with Gasteiger partial charge < -0.3 is 10.5 Å². The first-order valence-corrected chi connectivity index (χ1v) is 9.63. The second-order valence-corrected chi connectivity index (χ2v) is 9.47. The Bertz CT molecular complexity index is 677. The first kappa shape index (κ1) is 17.0. The Morgan fingerprint density at radius 2 is 2.05 bits per heavy atom. The van der Waals surface area contributed by atoms with Crippen LogP contribution in [0.2, 0.25) is 0 Å². The van der Waals surface area contributed by atoms with Crippen LogP contribution in [0.5, 0.6) is 0 Å². The van der Waals surface area contributed by atoms with Gasteiger partial charge in [0.15, 0.2) is 0 Å². The van der Waals surface area contributed by atoms with E-state index in [0.717, 1.165) is 23.6 Å². The number of ether oxygens (including phenoxy) is 1. The molecule has 0 amide bonds. The molecule has 114 valence electrons. The fraction of sp³-hybridized carbons (Fsp3) is 0.357. The zero-order valence-electron chi connectivity index (χ0n) is 11.8. The number of esters is 1. The minimum Gasteiger partial charge on any atom is -0.462 e. The molecule has 0 aliphatic rings. The van der Waals surface area contributed by atoms with Gasteiger partial charge in [-0.25, -0.2) is 4.79 Å². The Morgan fingerprint density at radius 3 is 2.52 bits per heavy atom. The van der Waals surface area contributed by atoms with E-state index in [1.165, 1.54) is 11.3 Å². The van der Waals surface area contributed by atoms with E-state index in [1.807, 2.05) is 6.07 Å². The van der Waals surface area contributed by atoms with Crippen molar-refractivity contribution in [2.45, 2.75) is 26.7 Å². The summed E-state index contributed by atoms with van der Waals surface area (Å²) >= 11 is 10.1. The first-order chi connectivity index (χ1) is 9.86. The third-order valence-electron chi connectivity index (χ3n) is 2.92. The maximum atomic E-state index is 12.1. The number of rotatable bonds is 4. The van der Waals surface area contributed by atoms with Crippen molar-refractivity contribution < 1.29 is 9.53 Å². The van der Waals surface area contributed by atoms with E-state index in [0.29, 0.717) is 17.2 Å². The van der Waals surface area contributed by atoms with E-state index in [9.17, 15) is 4.79 Å². The van der Waals surface area contributed by atoms with Crippen molar-refractivity contribution in [3.05, 3.63) is 24.1 Å². The lowest BCUT2D eigenvalue weighted by Crippen LogP contribution is -2.06. The number of thiophene rings is 2. The van der Waals surface area contributed by atoms with Crippen LogP contribution >= 0.6 is 54.5 Å². The van der Waals surface area contributed by atoms with Crippen LogP contribution in [-0.4, -0.2) is 12.6 Å². The highest BCUT2D eigenvalue weighted by Gasteiger charge is 2.26. The van der Waals surface area contributed by atoms with Gasteiger partial charge in [-0.15, -0.1) is 22.7 Å². The van der Waals surface area contributed by atoms with Gasteiger partial charge in [-0.3, -0.25) is 0 Å². The molecule has 0 bridgehead atoms. The summed E-state index contributed by atoms with van der Waals surface area (Å²) in [5, 5.41) is 0. The normalized spacial score (nSPS) is 11.1. The number of hydrogen-bond acceptors (Lipinski definition) is 5. The molecule has 0 spiro atoms. The molecule has 3 nitrogen and oxygen atoms in total. The molecule has 21 heavy (non-hydrogen) atoms. The van der Waals surface area contributed by atoms with Gasteiger partial charge in [-0.2, -0.15) is 0 Å². The van der Waals surface area contributed by atoms with E-state index in [-0.39, 0.29) is 11.9 Å². The molecule has 0 fully saturated rings. The Morgan fingerprint density at radius 1 is 1.38 bits per heavy atom. The van der Waals surface area contributed by atoms with E-state index < -0.39 is 0 Å². The zero-order valence-corrected chi connectivity index (χ0v) is 16.6. The second-order valence-electron chi connectivity index (χ2n) is 4.70. The summed E-state index contributed by atoms with van der Waals surface area (Å²) in [6.45, 7) is 6.28. The lowest BCUT2D eigenvalue weighted by Gasteiger charge is -2.08. The van der Waals surface area contributed by atoms with Crippen LogP contribution in [0.15, 0.2) is 13.6 Å². The predicted octanol–water partition coefficient (Wildman–Crippen LogP) is 5.88. The summed E-state index contributed by atoms with van der Waals surface area (Å²) in [6, 6.07) is 2.04. The molecule has 7 heteroatoms. The molecule has 2 rings (SSSR count). The van der Waals surface area contributed by atoms with E-state index in [1.54, 1.807) is 18.3 Å². The molecular weight excluding hydrogens is 438 g/mol. The summed E-state index contributed by atoms with van der Waals surface area (Å²) < 4.78 is 7.15. The summed E-state index contributed by atoms with van der Waals surface area (Å²) in [6.07, 6.45) is 0. The lowest BCUT2D eigenvalue weighted by atomic mass is 9.99. The molecule has 0 aliphatic heterocycles. The van der Waals surface area contributed by atoms with Crippen LogP contribution in [0.25, 0.3) is 10.4 Å². The highest BCUT2D eigenvalue weighted by molar-refractivity contribution is 9.12. The number of anilines is 1. The number of nitrogen functional groups attached to an aromatic ring is 1. The van der Waals surface area contributed by atoms with Crippen LogP contribution in [0.4, 0.5) is 5.69 Å². The minimum absolute atomic E-state index is 0.227. The number of halogens is 2. The Labute approximate surface area is 148 Å². The maximum absolute atomic E-state index is 12.1. The minimum atomic E-state index is -0.349. The zero-order chi connectivity index (χ0) is 15.7. The molecule has 0 radical (unpaired) electrons. The fourth-order valence-corrected chi connectivity index (χ4v) is 6.38. The molecule has 2 aromatic rings.